The summed E-state index contributed by atoms with van der Waals surface area (Å²) in [5, 5.41) is 5.63. The van der Waals surface area contributed by atoms with Gasteiger partial charge < -0.3 is 4.74 Å². The van der Waals surface area contributed by atoms with Gasteiger partial charge in [-0.05, 0) is 68.6 Å². The zero-order valence-electron chi connectivity index (χ0n) is 14.5. The van der Waals surface area contributed by atoms with E-state index in [1.165, 1.54) is 18.9 Å². The SMILES string of the molecule is CC(C)C(CC(C)(C)S(N)=O)c1ccc(F)c(OCC2CC2)c1. The van der Waals surface area contributed by atoms with Gasteiger partial charge in [0.15, 0.2) is 11.6 Å². The van der Waals surface area contributed by atoms with E-state index in [0.29, 0.717) is 30.6 Å². The van der Waals surface area contributed by atoms with Gasteiger partial charge in [-0.25, -0.2) is 8.60 Å². The van der Waals surface area contributed by atoms with E-state index in [1.807, 2.05) is 13.8 Å². The van der Waals surface area contributed by atoms with Crippen LogP contribution in [0.4, 0.5) is 4.39 Å². The summed E-state index contributed by atoms with van der Waals surface area (Å²) < 4.78 is 30.9. The smallest absolute Gasteiger partial charge is 0.165 e. The van der Waals surface area contributed by atoms with Crippen molar-refractivity contribution in [1.29, 1.82) is 0 Å². The molecule has 130 valence electrons. The topological polar surface area (TPSA) is 52.3 Å². The fraction of sp³-hybridized carbons (Fsp3) is 0.667. The number of hydrogen-bond donors (Lipinski definition) is 1. The Balaban J connectivity index is 2.20. The van der Waals surface area contributed by atoms with Crippen molar-refractivity contribution >= 4 is 11.0 Å². The minimum absolute atomic E-state index is 0.154. The highest BCUT2D eigenvalue weighted by molar-refractivity contribution is 7.84. The quantitative estimate of drug-likeness (QED) is 0.772. The van der Waals surface area contributed by atoms with Crippen molar-refractivity contribution in [2.75, 3.05) is 6.61 Å². The van der Waals surface area contributed by atoms with Crippen LogP contribution in [0.5, 0.6) is 5.75 Å². The largest absolute Gasteiger partial charge is 0.490 e. The molecule has 0 spiro atoms. The lowest BCUT2D eigenvalue weighted by Gasteiger charge is -2.30. The summed E-state index contributed by atoms with van der Waals surface area (Å²) in [6.07, 6.45) is 3.03. The summed E-state index contributed by atoms with van der Waals surface area (Å²) in [6.45, 7) is 8.65. The van der Waals surface area contributed by atoms with Crippen LogP contribution in [-0.4, -0.2) is 15.6 Å². The van der Waals surface area contributed by atoms with Crippen molar-refractivity contribution in [2.24, 2.45) is 17.0 Å². The van der Waals surface area contributed by atoms with Crippen LogP contribution in [0.3, 0.4) is 0 Å². The second-order valence-corrected chi connectivity index (χ2v) is 9.26. The van der Waals surface area contributed by atoms with E-state index in [9.17, 15) is 8.60 Å². The zero-order chi connectivity index (χ0) is 17.2. The molecular formula is C18H28FNO2S. The Bertz CT molecular complexity index is 570. The molecule has 1 saturated carbocycles. The van der Waals surface area contributed by atoms with Crippen LogP contribution in [0.25, 0.3) is 0 Å². The third kappa shape index (κ3) is 5.01. The highest BCUT2D eigenvalue weighted by Gasteiger charge is 2.31. The van der Waals surface area contributed by atoms with E-state index in [4.69, 9.17) is 9.88 Å². The molecule has 3 nitrogen and oxygen atoms in total. The van der Waals surface area contributed by atoms with E-state index in [1.54, 1.807) is 12.1 Å². The summed E-state index contributed by atoms with van der Waals surface area (Å²) >= 11 is 0. The van der Waals surface area contributed by atoms with Gasteiger partial charge >= 0.3 is 0 Å². The third-order valence-electron chi connectivity index (χ3n) is 4.62. The lowest BCUT2D eigenvalue weighted by atomic mass is 9.82. The lowest BCUT2D eigenvalue weighted by molar-refractivity contribution is 0.284. The van der Waals surface area contributed by atoms with Crippen molar-refractivity contribution in [2.45, 2.75) is 57.6 Å². The minimum Gasteiger partial charge on any atom is -0.490 e. The maximum Gasteiger partial charge on any atom is 0.165 e. The molecule has 2 rings (SSSR count). The Morgan fingerprint density at radius 3 is 2.57 bits per heavy atom. The Morgan fingerprint density at radius 2 is 2.04 bits per heavy atom. The second-order valence-electron chi connectivity index (χ2n) is 7.56. The van der Waals surface area contributed by atoms with E-state index in [2.05, 4.69) is 13.8 Å². The van der Waals surface area contributed by atoms with E-state index in [-0.39, 0.29) is 11.7 Å². The van der Waals surface area contributed by atoms with Gasteiger partial charge in [-0.2, -0.15) is 0 Å². The maximum absolute atomic E-state index is 14.0. The number of benzene rings is 1. The van der Waals surface area contributed by atoms with Gasteiger partial charge in [-0.1, -0.05) is 19.9 Å². The molecule has 0 bridgehead atoms. The first-order chi connectivity index (χ1) is 10.7. The van der Waals surface area contributed by atoms with Crippen LogP contribution in [0.15, 0.2) is 18.2 Å². The van der Waals surface area contributed by atoms with E-state index >= 15 is 0 Å². The highest BCUT2D eigenvalue weighted by Crippen LogP contribution is 2.37. The maximum atomic E-state index is 14.0. The Labute approximate surface area is 141 Å². The molecule has 1 fully saturated rings. The molecule has 5 heteroatoms. The average Bonchev–Trinajstić information content (AvgIpc) is 3.28. The van der Waals surface area contributed by atoms with Gasteiger partial charge in [-0.3, -0.25) is 5.14 Å². The second kappa shape index (κ2) is 7.31. The van der Waals surface area contributed by atoms with Crippen LogP contribution in [0.2, 0.25) is 0 Å². The highest BCUT2D eigenvalue weighted by atomic mass is 32.2. The van der Waals surface area contributed by atoms with Gasteiger partial charge in [0.25, 0.3) is 0 Å². The first kappa shape index (κ1) is 18.4. The van der Waals surface area contributed by atoms with Crippen LogP contribution in [0, 0.1) is 17.7 Å². The third-order valence-corrected chi connectivity index (χ3v) is 5.87. The number of hydrogen-bond acceptors (Lipinski definition) is 2. The van der Waals surface area contributed by atoms with Gasteiger partial charge in [0.2, 0.25) is 0 Å². The van der Waals surface area contributed by atoms with Gasteiger partial charge in [-0.15, -0.1) is 0 Å². The van der Waals surface area contributed by atoms with Crippen LogP contribution in [0.1, 0.15) is 58.4 Å². The summed E-state index contributed by atoms with van der Waals surface area (Å²) in [4.78, 5) is 0. The molecule has 0 heterocycles. The Hall–Kier alpha value is -0.940. The van der Waals surface area contributed by atoms with Crippen LogP contribution < -0.4 is 9.88 Å². The molecule has 1 aromatic rings. The molecule has 0 aromatic heterocycles. The molecule has 1 aliphatic rings. The fourth-order valence-electron chi connectivity index (χ4n) is 2.70. The summed E-state index contributed by atoms with van der Waals surface area (Å²) in [5.74, 6) is 1.07. The number of halogens is 1. The average molecular weight is 341 g/mol. The van der Waals surface area contributed by atoms with Crippen molar-refractivity contribution < 1.29 is 13.3 Å². The number of nitrogens with two attached hydrogens (primary N) is 1. The molecule has 0 amide bonds. The Kier molecular flexibility index (Phi) is 5.84. The van der Waals surface area contributed by atoms with Crippen molar-refractivity contribution in [3.8, 4) is 5.75 Å². The molecule has 2 N–H and O–H groups in total. The van der Waals surface area contributed by atoms with Crippen LogP contribution >= 0.6 is 0 Å². The lowest BCUT2D eigenvalue weighted by Crippen LogP contribution is -2.34. The Morgan fingerprint density at radius 1 is 1.39 bits per heavy atom. The van der Waals surface area contributed by atoms with Crippen LogP contribution in [-0.2, 0) is 11.0 Å². The number of rotatable bonds is 8. The first-order valence-corrected chi connectivity index (χ1v) is 9.50. The zero-order valence-corrected chi connectivity index (χ0v) is 15.3. The summed E-state index contributed by atoms with van der Waals surface area (Å²) in [5.41, 5.74) is 1.02. The van der Waals surface area contributed by atoms with E-state index in [0.717, 1.165) is 5.56 Å². The molecule has 0 aliphatic heterocycles. The normalized spacial score (nSPS) is 18.0. The van der Waals surface area contributed by atoms with Crippen molar-refractivity contribution in [1.82, 2.24) is 0 Å². The number of ether oxygens (including phenoxy) is 1. The van der Waals surface area contributed by atoms with Gasteiger partial charge in [0.1, 0.15) is 0 Å². The van der Waals surface area contributed by atoms with Gasteiger partial charge in [0.05, 0.1) is 22.3 Å². The molecule has 2 atom stereocenters. The molecule has 0 saturated heterocycles. The standard InChI is InChI=1S/C18H28FNO2S/c1-12(2)15(10-18(3,4)23(20)21)14-7-8-16(19)17(9-14)22-11-13-5-6-13/h7-9,12-13,15H,5-6,10-11,20H2,1-4H3. The molecular weight excluding hydrogens is 313 g/mol. The minimum atomic E-state index is -1.40. The molecule has 2 unspecified atom stereocenters. The molecule has 1 aromatic carbocycles. The monoisotopic (exact) mass is 341 g/mol. The summed E-state index contributed by atoms with van der Waals surface area (Å²) in [6, 6.07) is 5.08. The van der Waals surface area contributed by atoms with Crippen molar-refractivity contribution in [3.63, 3.8) is 0 Å². The molecule has 23 heavy (non-hydrogen) atoms. The van der Waals surface area contributed by atoms with E-state index < -0.39 is 15.7 Å². The molecule has 1 aliphatic carbocycles. The van der Waals surface area contributed by atoms with Gasteiger partial charge in [0, 0.05) is 0 Å². The fourth-order valence-corrected chi connectivity index (χ4v) is 3.05. The predicted octanol–water partition coefficient (Wildman–Crippen LogP) is 4.15. The van der Waals surface area contributed by atoms with Crippen molar-refractivity contribution in [3.05, 3.63) is 29.6 Å². The summed E-state index contributed by atoms with van der Waals surface area (Å²) in [7, 11) is -1.40. The predicted molar refractivity (Wildman–Crippen MR) is 93.2 cm³/mol. The molecule has 0 radical (unpaired) electrons. The first-order valence-electron chi connectivity index (χ1n) is 8.29.